The number of hydrogen-bond acceptors (Lipinski definition) is 6. The van der Waals surface area contributed by atoms with Gasteiger partial charge in [-0.25, -0.2) is 4.79 Å². The van der Waals surface area contributed by atoms with E-state index in [2.05, 4.69) is 25.9 Å². The Morgan fingerprint density at radius 3 is 2.72 bits per heavy atom. The number of carbonyl (C=O) groups is 1. The molecule has 3 rings (SSSR count). The van der Waals surface area contributed by atoms with Crippen LogP contribution in [0.4, 0.5) is 0 Å². The molecule has 0 unspecified atom stereocenters. The van der Waals surface area contributed by atoms with E-state index in [1.807, 2.05) is 18.2 Å². The molecule has 0 fully saturated rings. The van der Waals surface area contributed by atoms with Crippen LogP contribution in [0.25, 0.3) is 11.4 Å². The zero-order valence-electron chi connectivity index (χ0n) is 13.6. The summed E-state index contributed by atoms with van der Waals surface area (Å²) in [4.78, 5) is 35.9. The van der Waals surface area contributed by atoms with Crippen molar-refractivity contribution in [3.8, 4) is 11.4 Å². The Hall–Kier alpha value is -3.56. The van der Waals surface area contributed by atoms with Crippen molar-refractivity contribution in [2.24, 2.45) is 14.1 Å². The molecular weight excluding hydrogens is 326 g/mol. The highest BCUT2D eigenvalue weighted by molar-refractivity contribution is 5.92. The lowest BCUT2D eigenvalue weighted by atomic mass is 10.1. The zero-order chi connectivity index (χ0) is 18.0. The first-order valence-electron chi connectivity index (χ1n) is 7.35. The van der Waals surface area contributed by atoms with Crippen LogP contribution in [0.2, 0.25) is 0 Å². The largest absolute Gasteiger partial charge is 0.347 e. The van der Waals surface area contributed by atoms with Crippen LogP contribution in [0.3, 0.4) is 0 Å². The molecule has 25 heavy (non-hydrogen) atoms. The van der Waals surface area contributed by atoms with Gasteiger partial charge >= 0.3 is 5.69 Å². The first kappa shape index (κ1) is 16.3. The predicted molar refractivity (Wildman–Crippen MR) is 87.7 cm³/mol. The average Bonchev–Trinajstić information content (AvgIpc) is 3.16. The number of nitrogens with one attached hydrogen (secondary N) is 2. The summed E-state index contributed by atoms with van der Waals surface area (Å²) in [6.07, 6.45) is 0. The topological polar surface area (TPSA) is 128 Å². The Morgan fingerprint density at radius 1 is 1.20 bits per heavy atom. The summed E-state index contributed by atoms with van der Waals surface area (Å²) in [6.45, 7) is 0.216. The van der Waals surface area contributed by atoms with Gasteiger partial charge in [0.1, 0.15) is 5.69 Å². The molecule has 3 aromatic rings. The second kappa shape index (κ2) is 6.51. The van der Waals surface area contributed by atoms with E-state index in [4.69, 9.17) is 0 Å². The molecule has 2 heterocycles. The molecule has 0 aliphatic rings. The van der Waals surface area contributed by atoms with Gasteiger partial charge in [-0.3, -0.25) is 18.7 Å². The van der Waals surface area contributed by atoms with Gasteiger partial charge in [0.2, 0.25) is 5.82 Å². The number of amides is 1. The predicted octanol–water partition coefficient (Wildman–Crippen LogP) is -0.806. The molecule has 0 aliphatic carbocycles. The molecule has 1 aromatic carbocycles. The summed E-state index contributed by atoms with van der Waals surface area (Å²) in [6, 6.07) is 8.40. The number of H-pyrrole nitrogens is 1. The summed E-state index contributed by atoms with van der Waals surface area (Å²) in [5.74, 6) is -0.0654. The van der Waals surface area contributed by atoms with E-state index < -0.39 is 17.2 Å². The second-order valence-electron chi connectivity index (χ2n) is 5.39. The summed E-state index contributed by atoms with van der Waals surface area (Å²) >= 11 is 0. The van der Waals surface area contributed by atoms with Gasteiger partial charge in [-0.2, -0.15) is 5.21 Å². The number of rotatable bonds is 4. The van der Waals surface area contributed by atoms with Crippen molar-refractivity contribution in [1.29, 1.82) is 0 Å². The molecule has 10 nitrogen and oxygen atoms in total. The minimum absolute atomic E-state index is 0.00224. The fourth-order valence-electron chi connectivity index (χ4n) is 2.33. The van der Waals surface area contributed by atoms with Gasteiger partial charge in [0, 0.05) is 32.3 Å². The number of tetrazole rings is 1. The maximum absolute atomic E-state index is 12.3. The molecule has 0 saturated carbocycles. The molecule has 0 aliphatic heterocycles. The first-order chi connectivity index (χ1) is 12.0. The van der Waals surface area contributed by atoms with Crippen LogP contribution in [0.1, 0.15) is 16.1 Å². The smallest absolute Gasteiger partial charge is 0.331 e. The summed E-state index contributed by atoms with van der Waals surface area (Å²) in [5.41, 5.74) is 0.470. The Balaban J connectivity index is 1.79. The third-order valence-electron chi connectivity index (χ3n) is 3.74. The van der Waals surface area contributed by atoms with Gasteiger partial charge in [-0.1, -0.05) is 18.2 Å². The maximum Gasteiger partial charge on any atom is 0.331 e. The van der Waals surface area contributed by atoms with Gasteiger partial charge in [-0.05, 0) is 16.8 Å². The van der Waals surface area contributed by atoms with Crippen molar-refractivity contribution in [1.82, 2.24) is 35.1 Å². The minimum atomic E-state index is -0.559. The number of hydrogen-bond donors (Lipinski definition) is 2. The van der Waals surface area contributed by atoms with Crippen LogP contribution < -0.4 is 16.6 Å². The first-order valence-corrected chi connectivity index (χ1v) is 7.35. The lowest BCUT2D eigenvalue weighted by Gasteiger charge is -2.10. The molecule has 10 heteroatoms. The van der Waals surface area contributed by atoms with Gasteiger partial charge in [0.05, 0.1) is 0 Å². The number of aromatic amines is 1. The molecule has 0 saturated heterocycles. The molecule has 128 valence electrons. The fourth-order valence-corrected chi connectivity index (χ4v) is 2.33. The lowest BCUT2D eigenvalue weighted by molar-refractivity contribution is 0.0940. The molecule has 0 bridgehead atoms. The molecular formula is C15H15N7O3. The monoisotopic (exact) mass is 341 g/mol. The van der Waals surface area contributed by atoms with E-state index >= 15 is 0 Å². The van der Waals surface area contributed by atoms with Gasteiger partial charge in [-0.15, -0.1) is 10.2 Å². The van der Waals surface area contributed by atoms with E-state index in [0.717, 1.165) is 26.3 Å². The highest BCUT2D eigenvalue weighted by Crippen LogP contribution is 2.14. The number of aromatic nitrogens is 6. The second-order valence-corrected chi connectivity index (χ2v) is 5.39. The van der Waals surface area contributed by atoms with Crippen LogP contribution in [0, 0.1) is 0 Å². The van der Waals surface area contributed by atoms with Crippen molar-refractivity contribution < 1.29 is 4.79 Å². The van der Waals surface area contributed by atoms with Crippen molar-refractivity contribution in [3.63, 3.8) is 0 Å². The van der Waals surface area contributed by atoms with Crippen LogP contribution in [-0.2, 0) is 20.6 Å². The zero-order valence-corrected chi connectivity index (χ0v) is 13.6. The van der Waals surface area contributed by atoms with Crippen molar-refractivity contribution in [2.75, 3.05) is 0 Å². The molecule has 2 aromatic heterocycles. The fraction of sp³-hybridized carbons (Fsp3) is 0.200. The summed E-state index contributed by atoms with van der Waals surface area (Å²) in [5, 5.41) is 16.4. The molecule has 1 amide bonds. The van der Waals surface area contributed by atoms with Crippen LogP contribution in [0.15, 0.2) is 39.9 Å². The third-order valence-corrected chi connectivity index (χ3v) is 3.74. The third kappa shape index (κ3) is 3.22. The maximum atomic E-state index is 12.3. The van der Waals surface area contributed by atoms with Gasteiger partial charge in [0.15, 0.2) is 0 Å². The average molecular weight is 341 g/mol. The van der Waals surface area contributed by atoms with E-state index in [9.17, 15) is 14.4 Å². The molecule has 0 spiro atoms. The Bertz CT molecular complexity index is 1030. The van der Waals surface area contributed by atoms with Crippen molar-refractivity contribution >= 4 is 5.91 Å². The number of nitrogens with zero attached hydrogens (tertiary/aromatic N) is 5. The van der Waals surface area contributed by atoms with Crippen LogP contribution >= 0.6 is 0 Å². The normalized spacial score (nSPS) is 10.6. The Labute approximate surface area is 141 Å². The van der Waals surface area contributed by atoms with E-state index in [-0.39, 0.29) is 12.2 Å². The Kier molecular flexibility index (Phi) is 4.25. The highest BCUT2D eigenvalue weighted by atomic mass is 16.2. The van der Waals surface area contributed by atoms with Crippen LogP contribution in [-0.4, -0.2) is 35.7 Å². The SMILES string of the molecule is Cn1c(C(=O)NCc2cccc(-c3nn[nH]n3)c2)cc(=O)n(C)c1=O. The summed E-state index contributed by atoms with van der Waals surface area (Å²) in [7, 11) is 2.79. The van der Waals surface area contributed by atoms with E-state index in [0.29, 0.717) is 5.82 Å². The van der Waals surface area contributed by atoms with E-state index in [1.54, 1.807) is 6.07 Å². The molecule has 0 radical (unpaired) electrons. The quantitative estimate of drug-likeness (QED) is 0.639. The van der Waals surface area contributed by atoms with E-state index in [1.165, 1.54) is 14.1 Å². The highest BCUT2D eigenvalue weighted by Gasteiger charge is 2.13. The number of benzene rings is 1. The Morgan fingerprint density at radius 2 is 2.00 bits per heavy atom. The lowest BCUT2D eigenvalue weighted by Crippen LogP contribution is -2.41. The standard InChI is InChI=1S/C15H15N7O3/c1-21-11(7-12(23)22(2)15(21)25)14(24)16-8-9-4-3-5-10(6-9)13-17-19-20-18-13/h3-7H,8H2,1-2H3,(H,16,24)(H,17,18,19,20). The molecule has 2 N–H and O–H groups in total. The van der Waals surface area contributed by atoms with Crippen molar-refractivity contribution in [2.45, 2.75) is 6.54 Å². The molecule has 0 atom stereocenters. The number of carbonyl (C=O) groups excluding carboxylic acids is 1. The van der Waals surface area contributed by atoms with Crippen LogP contribution in [0.5, 0.6) is 0 Å². The van der Waals surface area contributed by atoms with Gasteiger partial charge in [0.25, 0.3) is 11.5 Å². The van der Waals surface area contributed by atoms with Gasteiger partial charge < -0.3 is 5.32 Å². The minimum Gasteiger partial charge on any atom is -0.347 e. The summed E-state index contributed by atoms with van der Waals surface area (Å²) < 4.78 is 2.07. The van der Waals surface area contributed by atoms with Crippen molar-refractivity contribution in [3.05, 3.63) is 62.4 Å².